The van der Waals surface area contributed by atoms with Crippen LogP contribution in [0.3, 0.4) is 0 Å². The van der Waals surface area contributed by atoms with E-state index >= 15 is 0 Å². The van der Waals surface area contributed by atoms with E-state index in [2.05, 4.69) is 10.0 Å². The van der Waals surface area contributed by atoms with Gasteiger partial charge in [0.15, 0.2) is 11.6 Å². The summed E-state index contributed by atoms with van der Waals surface area (Å²) >= 11 is 1.50. The Kier molecular flexibility index (Phi) is 3.92. The number of nitrogens with zero attached hydrogens (tertiary/aromatic N) is 1. The topological polar surface area (TPSA) is 46.1 Å². The van der Waals surface area contributed by atoms with Gasteiger partial charge in [0.1, 0.15) is 5.69 Å². The minimum atomic E-state index is -0.986. The summed E-state index contributed by atoms with van der Waals surface area (Å²) in [4.78, 5) is 13.5. The fourth-order valence-electron chi connectivity index (χ4n) is 2.51. The average Bonchev–Trinajstić information content (AvgIpc) is 2.78. The molecule has 2 aromatic rings. The van der Waals surface area contributed by atoms with Gasteiger partial charge >= 0.3 is 0 Å². The number of nitrogens with one attached hydrogen (secondary N) is 2. The summed E-state index contributed by atoms with van der Waals surface area (Å²) < 4.78 is 31.2. The van der Waals surface area contributed by atoms with Gasteiger partial charge in [0, 0.05) is 35.9 Å². The van der Waals surface area contributed by atoms with Crippen molar-refractivity contribution >= 4 is 23.5 Å². The van der Waals surface area contributed by atoms with E-state index in [1.807, 2.05) is 13.1 Å². The Bertz CT molecular complexity index is 745. The largest absolute Gasteiger partial charge is 0.345 e. The third-order valence-electron chi connectivity index (χ3n) is 3.52. The number of rotatable bonds is 2. The van der Waals surface area contributed by atoms with E-state index in [1.165, 1.54) is 18.0 Å². The highest BCUT2D eigenvalue weighted by molar-refractivity contribution is 7.97. The van der Waals surface area contributed by atoms with E-state index < -0.39 is 11.6 Å². The molecule has 2 N–H and O–H groups in total. The van der Waals surface area contributed by atoms with E-state index in [1.54, 1.807) is 11.6 Å². The molecule has 116 valence electrons. The Labute approximate surface area is 131 Å². The molecular formula is C15H15F2N3OS. The third-order valence-corrected chi connectivity index (χ3v) is 4.61. The molecule has 0 spiro atoms. The number of amides is 1. The first-order valence-electron chi connectivity index (χ1n) is 6.82. The number of hydrogen-bond acceptors (Lipinski definition) is 3. The fourth-order valence-corrected chi connectivity index (χ4v) is 3.43. The van der Waals surface area contributed by atoms with Crippen molar-refractivity contribution in [2.24, 2.45) is 7.05 Å². The molecule has 22 heavy (non-hydrogen) atoms. The molecule has 0 radical (unpaired) electrons. The normalized spacial score (nSPS) is 17.2. The number of carbonyl (C=O) groups is 1. The Balaban J connectivity index is 1.89. The van der Waals surface area contributed by atoms with Crippen LogP contribution in [-0.2, 0) is 13.5 Å². The van der Waals surface area contributed by atoms with E-state index in [-0.39, 0.29) is 17.6 Å². The van der Waals surface area contributed by atoms with Gasteiger partial charge in [-0.3, -0.25) is 9.52 Å². The van der Waals surface area contributed by atoms with Gasteiger partial charge in [-0.15, -0.1) is 0 Å². The maximum absolute atomic E-state index is 13.2. The van der Waals surface area contributed by atoms with Crippen LogP contribution in [0.4, 0.5) is 14.5 Å². The molecule has 1 amide bonds. The highest BCUT2D eigenvalue weighted by Crippen LogP contribution is 2.31. The lowest BCUT2D eigenvalue weighted by Gasteiger charge is -2.20. The zero-order chi connectivity index (χ0) is 15.9. The number of aromatic nitrogens is 1. The Morgan fingerprint density at radius 1 is 1.41 bits per heavy atom. The highest BCUT2D eigenvalue weighted by atomic mass is 32.2. The summed E-state index contributed by atoms with van der Waals surface area (Å²) in [6.45, 7) is 2.04. The predicted octanol–water partition coefficient (Wildman–Crippen LogP) is 3.10. The number of carbonyl (C=O) groups excluding carboxylic acids is 1. The van der Waals surface area contributed by atoms with E-state index in [9.17, 15) is 13.6 Å². The lowest BCUT2D eigenvalue weighted by atomic mass is 10.1. The monoisotopic (exact) mass is 323 g/mol. The van der Waals surface area contributed by atoms with Gasteiger partial charge in [0.05, 0.1) is 0 Å². The minimum absolute atomic E-state index is 0.230. The van der Waals surface area contributed by atoms with Gasteiger partial charge < -0.3 is 9.88 Å². The molecule has 2 heterocycles. The zero-order valence-electron chi connectivity index (χ0n) is 12.1. The molecule has 4 nitrogen and oxygen atoms in total. The molecular weight excluding hydrogens is 308 g/mol. The predicted molar refractivity (Wildman–Crippen MR) is 81.9 cm³/mol. The van der Waals surface area contributed by atoms with Gasteiger partial charge in [0.25, 0.3) is 5.91 Å². The maximum Gasteiger partial charge on any atom is 0.272 e. The first kappa shape index (κ1) is 15.1. The number of fused-ring (bicyclic) bond motifs is 1. The summed E-state index contributed by atoms with van der Waals surface area (Å²) in [5.41, 5.74) is 1.74. The van der Waals surface area contributed by atoms with E-state index in [0.717, 1.165) is 29.0 Å². The first-order valence-corrected chi connectivity index (χ1v) is 7.64. The molecule has 1 aliphatic heterocycles. The molecule has 1 atom stereocenters. The molecule has 7 heteroatoms. The number of hydrogen-bond donors (Lipinski definition) is 2. The average molecular weight is 323 g/mol. The third kappa shape index (κ3) is 2.74. The van der Waals surface area contributed by atoms with Crippen LogP contribution in [0.1, 0.15) is 23.0 Å². The number of aryl methyl sites for hydroxylation is 1. The summed E-state index contributed by atoms with van der Waals surface area (Å²) in [5, 5.41) is 2.62. The van der Waals surface area contributed by atoms with Crippen molar-refractivity contribution in [3.63, 3.8) is 0 Å². The molecule has 0 bridgehead atoms. The minimum Gasteiger partial charge on any atom is -0.345 e. The second-order valence-corrected chi connectivity index (χ2v) is 6.22. The SMILES string of the molecule is CC1Cc2c(cn(C)c2C(=O)Nc2ccc(F)c(F)c2)SN1. The van der Waals surface area contributed by atoms with Crippen molar-refractivity contribution < 1.29 is 13.6 Å². The lowest BCUT2D eigenvalue weighted by molar-refractivity contribution is 0.101. The van der Waals surface area contributed by atoms with Gasteiger partial charge in [0.2, 0.25) is 0 Å². The first-order chi connectivity index (χ1) is 10.5. The van der Waals surface area contributed by atoms with Crippen molar-refractivity contribution in [2.75, 3.05) is 5.32 Å². The molecule has 1 unspecified atom stereocenters. The Morgan fingerprint density at radius 2 is 2.18 bits per heavy atom. The summed E-state index contributed by atoms with van der Waals surface area (Å²) in [5.74, 6) is -2.25. The maximum atomic E-state index is 13.2. The second-order valence-electron chi connectivity index (χ2n) is 5.34. The molecule has 3 rings (SSSR count). The number of anilines is 1. The van der Waals surface area contributed by atoms with Crippen LogP contribution in [0.2, 0.25) is 0 Å². The highest BCUT2D eigenvalue weighted by Gasteiger charge is 2.25. The van der Waals surface area contributed by atoms with Crippen LogP contribution in [0, 0.1) is 11.6 Å². The lowest BCUT2D eigenvalue weighted by Crippen LogP contribution is -2.27. The summed E-state index contributed by atoms with van der Waals surface area (Å²) in [6.07, 6.45) is 2.63. The van der Waals surface area contributed by atoms with Crippen LogP contribution in [0.15, 0.2) is 29.3 Å². The molecule has 0 aliphatic carbocycles. The standard InChI is InChI=1S/C15H15F2N3OS/c1-8-5-10-13(22-19-8)7-20(2)14(10)15(21)18-9-3-4-11(16)12(17)6-9/h3-4,6-8,19H,5H2,1-2H3,(H,18,21). The van der Waals surface area contributed by atoms with Gasteiger partial charge in [-0.25, -0.2) is 8.78 Å². The summed E-state index contributed by atoms with van der Waals surface area (Å²) in [7, 11) is 1.80. The Morgan fingerprint density at radius 3 is 2.91 bits per heavy atom. The van der Waals surface area contributed by atoms with Crippen LogP contribution >= 0.6 is 11.9 Å². The molecule has 0 saturated heterocycles. The van der Waals surface area contributed by atoms with E-state index in [4.69, 9.17) is 0 Å². The second kappa shape index (κ2) is 5.73. The van der Waals surface area contributed by atoms with Gasteiger partial charge in [-0.05, 0) is 43.0 Å². The van der Waals surface area contributed by atoms with Crippen molar-refractivity contribution in [3.8, 4) is 0 Å². The quantitative estimate of drug-likeness (QED) is 0.835. The van der Waals surface area contributed by atoms with Crippen LogP contribution in [0.5, 0.6) is 0 Å². The molecule has 1 aromatic carbocycles. The van der Waals surface area contributed by atoms with Crippen molar-refractivity contribution in [1.82, 2.24) is 9.29 Å². The number of halogens is 2. The summed E-state index contributed by atoms with van der Waals surface area (Å²) in [6, 6.07) is 3.56. The van der Waals surface area contributed by atoms with Crippen molar-refractivity contribution in [2.45, 2.75) is 24.3 Å². The Hall–Kier alpha value is -1.86. The number of benzene rings is 1. The fraction of sp³-hybridized carbons (Fsp3) is 0.267. The zero-order valence-corrected chi connectivity index (χ0v) is 12.9. The smallest absolute Gasteiger partial charge is 0.272 e. The van der Waals surface area contributed by atoms with E-state index in [0.29, 0.717) is 5.69 Å². The van der Waals surface area contributed by atoms with Crippen LogP contribution < -0.4 is 10.0 Å². The molecule has 0 fully saturated rings. The van der Waals surface area contributed by atoms with Crippen molar-refractivity contribution in [1.29, 1.82) is 0 Å². The van der Waals surface area contributed by atoms with Crippen LogP contribution in [0.25, 0.3) is 0 Å². The molecule has 1 aliphatic rings. The van der Waals surface area contributed by atoms with Gasteiger partial charge in [-0.1, -0.05) is 0 Å². The van der Waals surface area contributed by atoms with Crippen molar-refractivity contribution in [3.05, 3.63) is 47.3 Å². The van der Waals surface area contributed by atoms with Crippen LogP contribution in [-0.4, -0.2) is 16.5 Å². The molecule has 1 aromatic heterocycles. The molecule has 0 saturated carbocycles. The van der Waals surface area contributed by atoms with Gasteiger partial charge in [-0.2, -0.15) is 0 Å².